The van der Waals surface area contributed by atoms with E-state index in [0.717, 1.165) is 19.4 Å². The fourth-order valence-electron chi connectivity index (χ4n) is 1.47. The lowest BCUT2D eigenvalue weighted by Gasteiger charge is -2.21. The molecular weight excluding hydrogens is 198 g/mol. The highest BCUT2D eigenvalue weighted by atomic mass is 16.5. The van der Waals surface area contributed by atoms with Gasteiger partial charge in [-0.3, -0.25) is 4.79 Å². The summed E-state index contributed by atoms with van der Waals surface area (Å²) in [6.45, 7) is 3.82. The lowest BCUT2D eigenvalue weighted by atomic mass is 10.0. The molecule has 0 bridgehead atoms. The highest BCUT2D eigenvalue weighted by molar-refractivity contribution is 6.32. The number of amides is 1. The molecule has 0 aromatic rings. The third-order valence-corrected chi connectivity index (χ3v) is 2.27. The van der Waals surface area contributed by atoms with Crippen molar-refractivity contribution in [3.8, 4) is 0 Å². The first-order chi connectivity index (χ1) is 7.24. The molecule has 0 aromatic carbocycles. The molecule has 0 spiro atoms. The molecule has 5 heteroatoms. The van der Waals surface area contributed by atoms with Crippen LogP contribution in [0.25, 0.3) is 0 Å². The molecule has 1 fully saturated rings. The minimum absolute atomic E-state index is 0.221. The van der Waals surface area contributed by atoms with Crippen LogP contribution < -0.4 is 5.32 Å². The van der Waals surface area contributed by atoms with Gasteiger partial charge in [-0.25, -0.2) is 4.79 Å². The van der Waals surface area contributed by atoms with E-state index in [1.54, 1.807) is 6.92 Å². The van der Waals surface area contributed by atoms with E-state index in [2.05, 4.69) is 10.1 Å². The Labute approximate surface area is 89.1 Å². The van der Waals surface area contributed by atoms with Crippen molar-refractivity contribution in [3.05, 3.63) is 0 Å². The molecule has 0 radical (unpaired) electrons. The zero-order valence-corrected chi connectivity index (χ0v) is 8.95. The molecule has 1 heterocycles. The minimum atomic E-state index is -0.811. The maximum atomic E-state index is 11.1. The molecule has 1 aliphatic heterocycles. The summed E-state index contributed by atoms with van der Waals surface area (Å²) in [6, 6.07) is 0. The molecule has 0 aliphatic carbocycles. The number of esters is 1. The number of rotatable bonds is 3. The topological polar surface area (TPSA) is 64.6 Å². The van der Waals surface area contributed by atoms with Gasteiger partial charge < -0.3 is 14.8 Å². The number of carbonyl (C=O) groups is 2. The molecule has 15 heavy (non-hydrogen) atoms. The van der Waals surface area contributed by atoms with Crippen molar-refractivity contribution in [1.29, 1.82) is 0 Å². The van der Waals surface area contributed by atoms with E-state index >= 15 is 0 Å². The molecular formula is C10H17NO4. The van der Waals surface area contributed by atoms with E-state index in [4.69, 9.17) is 4.74 Å². The van der Waals surface area contributed by atoms with Gasteiger partial charge in [-0.15, -0.1) is 0 Å². The smallest absolute Gasteiger partial charge is 0.396 e. The minimum Gasteiger partial charge on any atom is -0.459 e. The average Bonchev–Trinajstić information content (AvgIpc) is 2.27. The van der Waals surface area contributed by atoms with E-state index in [1.807, 2.05) is 0 Å². The molecule has 0 aromatic heterocycles. The predicted molar refractivity (Wildman–Crippen MR) is 53.2 cm³/mol. The van der Waals surface area contributed by atoms with Gasteiger partial charge in [0, 0.05) is 13.2 Å². The fourth-order valence-corrected chi connectivity index (χ4v) is 1.47. The van der Waals surface area contributed by atoms with Gasteiger partial charge in [0.05, 0.1) is 13.2 Å². The number of hydrogen-bond donors (Lipinski definition) is 1. The van der Waals surface area contributed by atoms with Gasteiger partial charge in [0.1, 0.15) is 0 Å². The van der Waals surface area contributed by atoms with Crippen LogP contribution in [0.5, 0.6) is 0 Å². The molecule has 1 saturated heterocycles. The molecule has 1 aliphatic rings. The van der Waals surface area contributed by atoms with Crippen LogP contribution >= 0.6 is 0 Å². The Morgan fingerprint density at radius 1 is 1.53 bits per heavy atom. The van der Waals surface area contributed by atoms with Gasteiger partial charge >= 0.3 is 11.9 Å². The molecule has 1 atom stereocenters. The summed E-state index contributed by atoms with van der Waals surface area (Å²) in [5.41, 5.74) is 0. The second-order valence-electron chi connectivity index (χ2n) is 3.51. The summed E-state index contributed by atoms with van der Waals surface area (Å²) < 4.78 is 9.82. The van der Waals surface area contributed by atoms with Crippen molar-refractivity contribution < 1.29 is 19.1 Å². The van der Waals surface area contributed by atoms with E-state index in [9.17, 15) is 9.59 Å². The molecule has 1 rings (SSSR count). The fraction of sp³-hybridized carbons (Fsp3) is 0.800. The van der Waals surface area contributed by atoms with E-state index in [0.29, 0.717) is 19.1 Å². The lowest BCUT2D eigenvalue weighted by Crippen LogP contribution is -2.37. The molecule has 5 nitrogen and oxygen atoms in total. The van der Waals surface area contributed by atoms with Crippen LogP contribution in [0.3, 0.4) is 0 Å². The van der Waals surface area contributed by atoms with Crippen LogP contribution in [0.2, 0.25) is 0 Å². The van der Waals surface area contributed by atoms with Gasteiger partial charge in [-0.05, 0) is 25.7 Å². The first-order valence-corrected chi connectivity index (χ1v) is 5.26. The normalized spacial score (nSPS) is 20.7. The quantitative estimate of drug-likeness (QED) is 0.535. The first-order valence-electron chi connectivity index (χ1n) is 5.26. The third-order valence-electron chi connectivity index (χ3n) is 2.27. The first kappa shape index (κ1) is 12.0. The Hall–Kier alpha value is -1.10. The van der Waals surface area contributed by atoms with Crippen molar-refractivity contribution >= 4 is 11.9 Å². The van der Waals surface area contributed by atoms with Crippen LogP contribution in [0.15, 0.2) is 0 Å². The zero-order chi connectivity index (χ0) is 11.1. The van der Waals surface area contributed by atoms with Gasteiger partial charge in [-0.1, -0.05) is 0 Å². The standard InChI is InChI=1S/C10H17NO4/c1-2-15-10(13)9(12)11-6-8-4-3-5-14-7-8/h8H,2-7H2,1H3,(H,11,12). The second kappa shape index (κ2) is 6.40. The summed E-state index contributed by atoms with van der Waals surface area (Å²) >= 11 is 0. The summed E-state index contributed by atoms with van der Waals surface area (Å²) in [6.07, 6.45) is 2.04. The molecule has 1 unspecified atom stereocenters. The average molecular weight is 215 g/mol. The number of carbonyl (C=O) groups excluding carboxylic acids is 2. The summed E-state index contributed by atoms with van der Waals surface area (Å²) in [5.74, 6) is -1.16. The van der Waals surface area contributed by atoms with Gasteiger partial charge in [0.2, 0.25) is 0 Å². The van der Waals surface area contributed by atoms with Gasteiger partial charge in [-0.2, -0.15) is 0 Å². The van der Waals surface area contributed by atoms with E-state index in [-0.39, 0.29) is 6.61 Å². The summed E-state index contributed by atoms with van der Waals surface area (Å²) in [7, 11) is 0. The van der Waals surface area contributed by atoms with E-state index in [1.165, 1.54) is 0 Å². The van der Waals surface area contributed by atoms with Crippen molar-refractivity contribution in [1.82, 2.24) is 5.32 Å². The molecule has 0 saturated carbocycles. The van der Waals surface area contributed by atoms with Crippen LogP contribution in [0.1, 0.15) is 19.8 Å². The molecule has 1 amide bonds. The number of hydrogen-bond acceptors (Lipinski definition) is 4. The van der Waals surface area contributed by atoms with Crippen molar-refractivity contribution in [2.75, 3.05) is 26.4 Å². The molecule has 86 valence electrons. The van der Waals surface area contributed by atoms with Gasteiger partial charge in [0.25, 0.3) is 0 Å². The number of nitrogens with one attached hydrogen (secondary N) is 1. The van der Waals surface area contributed by atoms with Crippen molar-refractivity contribution in [3.63, 3.8) is 0 Å². The zero-order valence-electron chi connectivity index (χ0n) is 8.95. The largest absolute Gasteiger partial charge is 0.459 e. The highest BCUT2D eigenvalue weighted by Crippen LogP contribution is 2.11. The Balaban J connectivity index is 2.17. The Morgan fingerprint density at radius 3 is 2.93 bits per heavy atom. The lowest BCUT2D eigenvalue weighted by molar-refractivity contribution is -0.154. The maximum absolute atomic E-state index is 11.1. The SMILES string of the molecule is CCOC(=O)C(=O)NCC1CCCOC1. The summed E-state index contributed by atoms with van der Waals surface area (Å²) in [5, 5.41) is 2.54. The Bertz CT molecular complexity index is 223. The summed E-state index contributed by atoms with van der Waals surface area (Å²) in [4.78, 5) is 22.1. The Kier molecular flexibility index (Phi) is 5.10. The third kappa shape index (κ3) is 4.29. The monoisotopic (exact) mass is 215 g/mol. The predicted octanol–water partition coefficient (Wildman–Crippen LogP) is 0.0923. The highest BCUT2D eigenvalue weighted by Gasteiger charge is 2.18. The Morgan fingerprint density at radius 2 is 2.33 bits per heavy atom. The molecule has 1 N–H and O–H groups in total. The van der Waals surface area contributed by atoms with E-state index < -0.39 is 11.9 Å². The van der Waals surface area contributed by atoms with Crippen molar-refractivity contribution in [2.24, 2.45) is 5.92 Å². The van der Waals surface area contributed by atoms with Crippen LogP contribution in [0.4, 0.5) is 0 Å². The second-order valence-corrected chi connectivity index (χ2v) is 3.51. The van der Waals surface area contributed by atoms with Crippen LogP contribution in [-0.4, -0.2) is 38.2 Å². The van der Waals surface area contributed by atoms with Crippen LogP contribution in [0, 0.1) is 5.92 Å². The van der Waals surface area contributed by atoms with Gasteiger partial charge in [0.15, 0.2) is 0 Å². The maximum Gasteiger partial charge on any atom is 0.396 e. The number of ether oxygens (including phenoxy) is 2. The van der Waals surface area contributed by atoms with Crippen LogP contribution in [-0.2, 0) is 19.1 Å². The van der Waals surface area contributed by atoms with Crippen molar-refractivity contribution in [2.45, 2.75) is 19.8 Å².